The van der Waals surface area contributed by atoms with E-state index >= 15 is 0 Å². The van der Waals surface area contributed by atoms with Gasteiger partial charge in [-0.1, -0.05) is 19.3 Å². The van der Waals surface area contributed by atoms with Gasteiger partial charge >= 0.3 is 12.0 Å². The quantitative estimate of drug-likeness (QED) is 0.658. The van der Waals surface area contributed by atoms with Crippen molar-refractivity contribution in [3.63, 3.8) is 0 Å². The molecule has 0 heterocycles. The maximum absolute atomic E-state index is 11.9. The van der Waals surface area contributed by atoms with E-state index in [1.807, 2.05) is 0 Å². The fourth-order valence-electron chi connectivity index (χ4n) is 3.11. The van der Waals surface area contributed by atoms with Crippen LogP contribution in [0.15, 0.2) is 18.2 Å². The first-order valence-electron chi connectivity index (χ1n) is 9.48. The smallest absolute Gasteiger partial charge is 0.321 e. The van der Waals surface area contributed by atoms with Gasteiger partial charge in [-0.05, 0) is 37.0 Å². The molecule has 1 saturated carbocycles. The summed E-state index contributed by atoms with van der Waals surface area (Å²) in [5, 5.41) is 4.96. The third-order valence-electron chi connectivity index (χ3n) is 4.59. The molecule has 1 aliphatic rings. The van der Waals surface area contributed by atoms with Crippen LogP contribution in [0.25, 0.3) is 0 Å². The molecule has 2 N–H and O–H groups in total. The summed E-state index contributed by atoms with van der Waals surface area (Å²) in [4.78, 5) is 35.4. The van der Waals surface area contributed by atoms with E-state index in [1.54, 1.807) is 32.4 Å². The number of imide groups is 1. The summed E-state index contributed by atoms with van der Waals surface area (Å²) in [7, 11) is 3.10. The third-order valence-corrected chi connectivity index (χ3v) is 4.59. The van der Waals surface area contributed by atoms with Crippen molar-refractivity contribution in [2.45, 2.75) is 51.0 Å². The summed E-state index contributed by atoms with van der Waals surface area (Å²) in [6.07, 6.45) is 5.69. The molecule has 0 aromatic heterocycles. The highest BCUT2D eigenvalue weighted by atomic mass is 16.5. The molecule has 2 rings (SSSR count). The molecular weight excluding hydrogens is 364 g/mol. The molecule has 154 valence electrons. The number of benzene rings is 1. The minimum atomic E-state index is -0.648. The minimum Gasteiger partial charge on any atom is -0.497 e. The maximum atomic E-state index is 11.9. The number of hydrogen-bond donors (Lipinski definition) is 2. The van der Waals surface area contributed by atoms with Crippen LogP contribution in [-0.2, 0) is 20.7 Å². The van der Waals surface area contributed by atoms with Gasteiger partial charge in [-0.3, -0.25) is 14.9 Å². The molecule has 3 amide bonds. The SMILES string of the molecule is COc1cc(CCC(=O)OCC(=O)NC(=O)NC2CCCCC2)cc(OC)c1. The van der Waals surface area contributed by atoms with Gasteiger partial charge in [0.2, 0.25) is 0 Å². The first kappa shape index (κ1) is 21.5. The summed E-state index contributed by atoms with van der Waals surface area (Å²) < 4.78 is 15.3. The number of ether oxygens (including phenoxy) is 3. The second-order valence-corrected chi connectivity index (χ2v) is 6.74. The molecule has 8 heteroatoms. The molecule has 0 aliphatic heterocycles. The number of amides is 3. The van der Waals surface area contributed by atoms with Gasteiger partial charge in [-0.25, -0.2) is 4.79 Å². The van der Waals surface area contributed by atoms with Gasteiger partial charge in [0, 0.05) is 18.5 Å². The summed E-state index contributed by atoms with van der Waals surface area (Å²) in [6, 6.07) is 4.90. The summed E-state index contributed by atoms with van der Waals surface area (Å²) in [6.45, 7) is -0.488. The van der Waals surface area contributed by atoms with Gasteiger partial charge in [0.1, 0.15) is 11.5 Å². The summed E-state index contributed by atoms with van der Waals surface area (Å²) in [5.74, 6) is 0.0893. The van der Waals surface area contributed by atoms with Crippen LogP contribution >= 0.6 is 0 Å². The molecule has 1 fully saturated rings. The van der Waals surface area contributed by atoms with Crippen LogP contribution in [0.1, 0.15) is 44.1 Å². The van der Waals surface area contributed by atoms with E-state index in [9.17, 15) is 14.4 Å². The zero-order valence-corrected chi connectivity index (χ0v) is 16.4. The molecule has 0 saturated heterocycles. The molecule has 8 nitrogen and oxygen atoms in total. The monoisotopic (exact) mass is 392 g/mol. The Morgan fingerprint density at radius 2 is 1.64 bits per heavy atom. The van der Waals surface area contributed by atoms with Crippen molar-refractivity contribution < 1.29 is 28.6 Å². The number of nitrogens with one attached hydrogen (secondary N) is 2. The molecule has 28 heavy (non-hydrogen) atoms. The number of methoxy groups -OCH3 is 2. The number of aryl methyl sites for hydroxylation is 1. The van der Waals surface area contributed by atoms with Crippen LogP contribution in [0.3, 0.4) is 0 Å². The lowest BCUT2D eigenvalue weighted by molar-refractivity contribution is -0.148. The van der Waals surface area contributed by atoms with E-state index in [4.69, 9.17) is 14.2 Å². The largest absolute Gasteiger partial charge is 0.497 e. The maximum Gasteiger partial charge on any atom is 0.321 e. The zero-order valence-electron chi connectivity index (χ0n) is 16.4. The number of carbonyl (C=O) groups excluding carboxylic acids is 3. The van der Waals surface area contributed by atoms with Crippen molar-refractivity contribution in [3.05, 3.63) is 23.8 Å². The lowest BCUT2D eigenvalue weighted by Crippen LogP contribution is -2.46. The second-order valence-electron chi connectivity index (χ2n) is 6.74. The van der Waals surface area contributed by atoms with E-state index in [1.165, 1.54) is 6.42 Å². The lowest BCUT2D eigenvalue weighted by atomic mass is 9.96. The fraction of sp³-hybridized carbons (Fsp3) is 0.550. The van der Waals surface area contributed by atoms with Gasteiger partial charge in [0.05, 0.1) is 14.2 Å². The highest BCUT2D eigenvalue weighted by Crippen LogP contribution is 2.23. The van der Waals surface area contributed by atoms with Crippen molar-refractivity contribution in [2.24, 2.45) is 0 Å². The van der Waals surface area contributed by atoms with Crippen LogP contribution in [0.5, 0.6) is 11.5 Å². The molecule has 1 aromatic carbocycles. The van der Waals surface area contributed by atoms with Crippen molar-refractivity contribution in [2.75, 3.05) is 20.8 Å². The molecule has 0 radical (unpaired) electrons. The predicted octanol–water partition coefficient (Wildman–Crippen LogP) is 2.34. The van der Waals surface area contributed by atoms with E-state index < -0.39 is 24.5 Å². The third kappa shape index (κ3) is 7.46. The Kier molecular flexibility index (Phi) is 8.58. The van der Waals surface area contributed by atoms with E-state index in [0.717, 1.165) is 31.2 Å². The minimum absolute atomic E-state index is 0.0951. The topological polar surface area (TPSA) is 103 Å². The van der Waals surface area contributed by atoms with Crippen molar-refractivity contribution in [3.8, 4) is 11.5 Å². The number of urea groups is 1. The van der Waals surface area contributed by atoms with Crippen LogP contribution in [0, 0.1) is 0 Å². The van der Waals surface area contributed by atoms with Crippen LogP contribution in [0.4, 0.5) is 4.79 Å². The summed E-state index contributed by atoms with van der Waals surface area (Å²) >= 11 is 0. The molecule has 1 aliphatic carbocycles. The first-order chi connectivity index (χ1) is 13.5. The van der Waals surface area contributed by atoms with Gasteiger partial charge in [0.15, 0.2) is 6.61 Å². The van der Waals surface area contributed by atoms with E-state index in [-0.39, 0.29) is 12.5 Å². The van der Waals surface area contributed by atoms with Crippen molar-refractivity contribution in [1.82, 2.24) is 10.6 Å². The predicted molar refractivity (Wildman–Crippen MR) is 102 cm³/mol. The normalized spacial score (nSPS) is 14.1. The Morgan fingerprint density at radius 3 is 2.25 bits per heavy atom. The second kappa shape index (κ2) is 11.2. The van der Waals surface area contributed by atoms with Gasteiger partial charge in [-0.2, -0.15) is 0 Å². The van der Waals surface area contributed by atoms with Crippen molar-refractivity contribution in [1.29, 1.82) is 0 Å². The van der Waals surface area contributed by atoms with Gasteiger partial charge in [-0.15, -0.1) is 0 Å². The Morgan fingerprint density at radius 1 is 1.00 bits per heavy atom. The number of rotatable bonds is 8. The number of carbonyl (C=O) groups is 3. The number of hydrogen-bond acceptors (Lipinski definition) is 6. The fourth-order valence-corrected chi connectivity index (χ4v) is 3.11. The average molecular weight is 392 g/mol. The molecule has 0 spiro atoms. The lowest BCUT2D eigenvalue weighted by Gasteiger charge is -2.22. The van der Waals surface area contributed by atoms with Crippen LogP contribution in [-0.4, -0.2) is 44.8 Å². The summed E-state index contributed by atoms with van der Waals surface area (Å²) in [5.41, 5.74) is 0.851. The Hall–Kier alpha value is -2.77. The van der Waals surface area contributed by atoms with Gasteiger partial charge < -0.3 is 19.5 Å². The Labute approximate surface area is 164 Å². The molecule has 0 bridgehead atoms. The van der Waals surface area contributed by atoms with E-state index in [0.29, 0.717) is 17.9 Å². The highest BCUT2D eigenvalue weighted by molar-refractivity contribution is 5.95. The van der Waals surface area contributed by atoms with Crippen LogP contribution < -0.4 is 20.1 Å². The Bertz CT molecular complexity index is 663. The van der Waals surface area contributed by atoms with Gasteiger partial charge in [0.25, 0.3) is 5.91 Å². The molecular formula is C20H28N2O6. The molecule has 0 atom stereocenters. The molecule has 0 unspecified atom stereocenters. The van der Waals surface area contributed by atoms with Crippen molar-refractivity contribution >= 4 is 17.9 Å². The number of esters is 1. The molecule has 1 aromatic rings. The average Bonchev–Trinajstić information content (AvgIpc) is 2.71. The zero-order chi connectivity index (χ0) is 20.4. The first-order valence-corrected chi connectivity index (χ1v) is 9.48. The standard InChI is InChI=1S/C20H28N2O6/c1-26-16-10-14(11-17(12-16)27-2)8-9-19(24)28-13-18(23)22-20(25)21-15-6-4-3-5-7-15/h10-12,15H,3-9,13H2,1-2H3,(H2,21,22,23,25). The van der Waals surface area contributed by atoms with E-state index in [2.05, 4.69) is 10.6 Å². The highest BCUT2D eigenvalue weighted by Gasteiger charge is 2.17. The Balaban J connectivity index is 1.68. The van der Waals surface area contributed by atoms with Crippen LogP contribution in [0.2, 0.25) is 0 Å².